The minimum atomic E-state index is -0.127. The Bertz CT molecular complexity index is 653. The average molecular weight is 308 g/mol. The van der Waals surface area contributed by atoms with Crippen LogP contribution in [0.25, 0.3) is 0 Å². The average Bonchev–Trinajstić information content (AvgIpc) is 2.45. The molecular weight excluding hydrogens is 290 g/mol. The number of ether oxygens (including phenoxy) is 1. The Balaban J connectivity index is 2.17. The van der Waals surface area contributed by atoms with Gasteiger partial charge in [-0.3, -0.25) is 9.78 Å². The summed E-state index contributed by atoms with van der Waals surface area (Å²) in [4.78, 5) is 19.3. The first kappa shape index (κ1) is 15.5. The van der Waals surface area contributed by atoms with Crippen molar-refractivity contribution >= 4 is 17.5 Å². The smallest absolute Gasteiger partial charge is 0.256 e. The SMILES string of the molecule is COCCNc1nc(C)c(Cc2ccc(Cl)cc2)c(=O)[nH]1. The molecule has 2 rings (SSSR count). The molecule has 6 heteroatoms. The third-order valence-electron chi connectivity index (χ3n) is 3.12. The Hall–Kier alpha value is -1.85. The quantitative estimate of drug-likeness (QED) is 0.804. The van der Waals surface area contributed by atoms with Crippen LogP contribution in [-0.4, -0.2) is 30.2 Å². The number of benzene rings is 1. The zero-order chi connectivity index (χ0) is 15.2. The van der Waals surface area contributed by atoms with E-state index in [1.54, 1.807) is 7.11 Å². The van der Waals surface area contributed by atoms with Crippen LogP contribution >= 0.6 is 11.6 Å². The standard InChI is InChI=1S/C15H18ClN3O2/c1-10-13(9-11-3-5-12(16)6-4-11)14(20)19-15(18-10)17-7-8-21-2/h3-6H,7-9H2,1-2H3,(H2,17,18,19,20). The van der Waals surface area contributed by atoms with Crippen LogP contribution in [0, 0.1) is 6.92 Å². The van der Waals surface area contributed by atoms with Crippen LogP contribution in [0.2, 0.25) is 5.02 Å². The summed E-state index contributed by atoms with van der Waals surface area (Å²) >= 11 is 5.86. The summed E-state index contributed by atoms with van der Waals surface area (Å²) in [6.45, 7) is 2.98. The van der Waals surface area contributed by atoms with E-state index in [4.69, 9.17) is 16.3 Å². The van der Waals surface area contributed by atoms with E-state index in [0.29, 0.717) is 41.8 Å². The molecule has 0 atom stereocenters. The molecule has 0 fully saturated rings. The van der Waals surface area contributed by atoms with Crippen molar-refractivity contribution in [3.8, 4) is 0 Å². The first-order valence-electron chi connectivity index (χ1n) is 6.67. The van der Waals surface area contributed by atoms with E-state index in [-0.39, 0.29) is 5.56 Å². The monoisotopic (exact) mass is 307 g/mol. The van der Waals surface area contributed by atoms with Crippen LogP contribution in [0.1, 0.15) is 16.8 Å². The second-order valence-electron chi connectivity index (χ2n) is 4.70. The summed E-state index contributed by atoms with van der Waals surface area (Å²) in [7, 11) is 1.62. The molecule has 0 saturated carbocycles. The van der Waals surface area contributed by atoms with Crippen LogP contribution in [0.15, 0.2) is 29.1 Å². The maximum atomic E-state index is 12.2. The van der Waals surface area contributed by atoms with Crippen LogP contribution in [0.4, 0.5) is 5.95 Å². The molecule has 0 radical (unpaired) electrons. The van der Waals surface area contributed by atoms with E-state index in [2.05, 4.69) is 15.3 Å². The maximum absolute atomic E-state index is 12.2. The normalized spacial score (nSPS) is 10.6. The van der Waals surface area contributed by atoms with Crippen molar-refractivity contribution in [1.82, 2.24) is 9.97 Å². The molecule has 5 nitrogen and oxygen atoms in total. The van der Waals surface area contributed by atoms with E-state index >= 15 is 0 Å². The molecule has 112 valence electrons. The number of hydrogen-bond donors (Lipinski definition) is 2. The van der Waals surface area contributed by atoms with Crippen molar-refractivity contribution in [1.29, 1.82) is 0 Å². The van der Waals surface area contributed by atoms with Gasteiger partial charge in [-0.25, -0.2) is 4.98 Å². The van der Waals surface area contributed by atoms with E-state index < -0.39 is 0 Å². The lowest BCUT2D eigenvalue weighted by atomic mass is 10.1. The van der Waals surface area contributed by atoms with Gasteiger partial charge in [0.05, 0.1) is 12.3 Å². The number of aromatic nitrogens is 2. The molecule has 2 aromatic rings. The molecule has 1 aromatic heterocycles. The number of aryl methyl sites for hydroxylation is 1. The molecule has 0 saturated heterocycles. The molecule has 0 amide bonds. The number of aromatic amines is 1. The molecule has 0 aliphatic rings. The lowest BCUT2D eigenvalue weighted by Gasteiger charge is -2.09. The number of hydrogen-bond acceptors (Lipinski definition) is 4. The maximum Gasteiger partial charge on any atom is 0.256 e. The first-order valence-corrected chi connectivity index (χ1v) is 7.05. The highest BCUT2D eigenvalue weighted by molar-refractivity contribution is 6.30. The summed E-state index contributed by atoms with van der Waals surface area (Å²) in [6.07, 6.45) is 0.531. The molecular formula is C15H18ClN3O2. The minimum Gasteiger partial charge on any atom is -0.383 e. The molecule has 0 aliphatic heterocycles. The fourth-order valence-corrected chi connectivity index (χ4v) is 2.11. The lowest BCUT2D eigenvalue weighted by Crippen LogP contribution is -2.21. The van der Waals surface area contributed by atoms with Crippen LogP contribution in [-0.2, 0) is 11.2 Å². The van der Waals surface area contributed by atoms with Crippen LogP contribution in [0.3, 0.4) is 0 Å². The third kappa shape index (κ3) is 4.31. The summed E-state index contributed by atoms with van der Waals surface area (Å²) in [5.41, 5.74) is 2.27. The molecule has 0 spiro atoms. The van der Waals surface area contributed by atoms with Gasteiger partial charge in [-0.05, 0) is 24.6 Å². The summed E-state index contributed by atoms with van der Waals surface area (Å²) in [5, 5.41) is 3.70. The van der Waals surface area contributed by atoms with Gasteiger partial charge >= 0.3 is 0 Å². The van der Waals surface area contributed by atoms with E-state index in [1.807, 2.05) is 31.2 Å². The minimum absolute atomic E-state index is 0.127. The van der Waals surface area contributed by atoms with Crippen LogP contribution in [0.5, 0.6) is 0 Å². The molecule has 0 unspecified atom stereocenters. The Kier molecular flexibility index (Phi) is 5.36. The van der Waals surface area contributed by atoms with Gasteiger partial charge < -0.3 is 10.1 Å². The molecule has 1 heterocycles. The van der Waals surface area contributed by atoms with Gasteiger partial charge in [-0.2, -0.15) is 0 Å². The van der Waals surface area contributed by atoms with Crippen molar-refractivity contribution in [2.75, 3.05) is 25.6 Å². The number of nitrogens with zero attached hydrogens (tertiary/aromatic N) is 1. The number of H-pyrrole nitrogens is 1. The fourth-order valence-electron chi connectivity index (χ4n) is 1.98. The molecule has 0 bridgehead atoms. The number of nitrogens with one attached hydrogen (secondary N) is 2. The second-order valence-corrected chi connectivity index (χ2v) is 5.14. The van der Waals surface area contributed by atoms with E-state index in [0.717, 1.165) is 5.56 Å². The zero-order valence-corrected chi connectivity index (χ0v) is 12.8. The van der Waals surface area contributed by atoms with E-state index in [9.17, 15) is 4.79 Å². The summed E-state index contributed by atoms with van der Waals surface area (Å²) in [5.74, 6) is 0.467. The van der Waals surface area contributed by atoms with Crippen molar-refractivity contribution < 1.29 is 4.74 Å². The Morgan fingerprint density at radius 1 is 1.33 bits per heavy atom. The number of halogens is 1. The molecule has 21 heavy (non-hydrogen) atoms. The highest BCUT2D eigenvalue weighted by Gasteiger charge is 2.09. The Labute approximate surface area is 128 Å². The number of anilines is 1. The second kappa shape index (κ2) is 7.24. The van der Waals surface area contributed by atoms with Gasteiger partial charge in [0.1, 0.15) is 0 Å². The van der Waals surface area contributed by atoms with Crippen LogP contribution < -0.4 is 10.9 Å². The Morgan fingerprint density at radius 2 is 2.05 bits per heavy atom. The Morgan fingerprint density at radius 3 is 2.67 bits per heavy atom. The molecule has 2 N–H and O–H groups in total. The predicted molar refractivity (Wildman–Crippen MR) is 84.2 cm³/mol. The van der Waals surface area contributed by atoms with Gasteiger partial charge in [0, 0.05) is 30.7 Å². The predicted octanol–water partition coefficient (Wildman–Crippen LogP) is 2.38. The molecule has 0 aliphatic carbocycles. The summed E-state index contributed by atoms with van der Waals surface area (Å²) in [6, 6.07) is 7.45. The van der Waals surface area contributed by atoms with Crippen molar-refractivity contribution in [2.45, 2.75) is 13.3 Å². The topological polar surface area (TPSA) is 67.0 Å². The van der Waals surface area contributed by atoms with Gasteiger partial charge in [0.25, 0.3) is 5.56 Å². The van der Waals surface area contributed by atoms with Crippen molar-refractivity contribution in [3.05, 3.63) is 56.5 Å². The van der Waals surface area contributed by atoms with Gasteiger partial charge in [0.2, 0.25) is 5.95 Å². The lowest BCUT2D eigenvalue weighted by molar-refractivity contribution is 0.210. The molecule has 1 aromatic carbocycles. The fraction of sp³-hybridized carbons (Fsp3) is 0.333. The summed E-state index contributed by atoms with van der Waals surface area (Å²) < 4.78 is 4.94. The highest BCUT2D eigenvalue weighted by Crippen LogP contribution is 2.13. The number of methoxy groups -OCH3 is 1. The largest absolute Gasteiger partial charge is 0.383 e. The third-order valence-corrected chi connectivity index (χ3v) is 3.37. The first-order chi connectivity index (χ1) is 10.1. The van der Waals surface area contributed by atoms with E-state index in [1.165, 1.54) is 0 Å². The van der Waals surface area contributed by atoms with Crippen molar-refractivity contribution in [2.24, 2.45) is 0 Å². The van der Waals surface area contributed by atoms with Gasteiger partial charge in [-0.1, -0.05) is 23.7 Å². The van der Waals surface area contributed by atoms with Gasteiger partial charge in [0.15, 0.2) is 0 Å². The van der Waals surface area contributed by atoms with Gasteiger partial charge in [-0.15, -0.1) is 0 Å². The number of rotatable bonds is 6. The van der Waals surface area contributed by atoms with Crippen molar-refractivity contribution in [3.63, 3.8) is 0 Å². The zero-order valence-electron chi connectivity index (χ0n) is 12.1. The highest BCUT2D eigenvalue weighted by atomic mass is 35.5.